The highest BCUT2D eigenvalue weighted by molar-refractivity contribution is 5.92. The quantitative estimate of drug-likeness (QED) is 0.708. The Morgan fingerprint density at radius 1 is 1.12 bits per heavy atom. The van der Waals surface area contributed by atoms with E-state index in [0.717, 1.165) is 11.1 Å². The molecule has 132 valence electrons. The largest absolute Gasteiger partial charge is 0.452 e. The molecule has 3 aromatic rings. The number of benzene rings is 2. The summed E-state index contributed by atoms with van der Waals surface area (Å²) in [5.41, 5.74) is 2.85. The zero-order valence-electron chi connectivity index (χ0n) is 14.4. The fourth-order valence-electron chi connectivity index (χ4n) is 2.35. The lowest BCUT2D eigenvalue weighted by molar-refractivity contribution is -0.114. The number of anilines is 1. The van der Waals surface area contributed by atoms with Gasteiger partial charge in [-0.15, -0.1) is 0 Å². The molecule has 0 saturated carbocycles. The summed E-state index contributed by atoms with van der Waals surface area (Å²) in [7, 11) is 0. The van der Waals surface area contributed by atoms with Crippen molar-refractivity contribution in [2.45, 2.75) is 20.5 Å². The van der Waals surface area contributed by atoms with Gasteiger partial charge in [-0.3, -0.25) is 4.79 Å². The molecule has 0 aliphatic heterocycles. The van der Waals surface area contributed by atoms with Crippen LogP contribution >= 0.6 is 0 Å². The van der Waals surface area contributed by atoms with E-state index in [0.29, 0.717) is 17.1 Å². The number of amides is 1. The van der Waals surface area contributed by atoms with Crippen LogP contribution in [0.25, 0.3) is 11.4 Å². The summed E-state index contributed by atoms with van der Waals surface area (Å²) in [6.45, 7) is 3.25. The van der Waals surface area contributed by atoms with Gasteiger partial charge in [-0.1, -0.05) is 29.4 Å². The van der Waals surface area contributed by atoms with E-state index in [-0.39, 0.29) is 18.4 Å². The molecule has 26 heavy (non-hydrogen) atoms. The lowest BCUT2D eigenvalue weighted by atomic mass is 10.1. The van der Waals surface area contributed by atoms with E-state index in [1.54, 1.807) is 24.3 Å². The Balaban J connectivity index is 1.61. The first-order chi connectivity index (χ1) is 12.5. The second kappa shape index (κ2) is 7.60. The third-order valence-corrected chi connectivity index (χ3v) is 3.62. The standard InChI is InChI=1S/C19H17N3O4/c1-12-5-3-4-6-16(12)18-21-17(26-22-18)11-25-19(24)14-7-9-15(10-8-14)20-13(2)23/h3-10H,11H2,1-2H3,(H,20,23). The predicted molar refractivity (Wildman–Crippen MR) is 94.3 cm³/mol. The fourth-order valence-corrected chi connectivity index (χ4v) is 2.35. The first kappa shape index (κ1) is 17.3. The molecule has 0 radical (unpaired) electrons. The number of rotatable bonds is 5. The molecule has 0 aliphatic rings. The monoisotopic (exact) mass is 351 g/mol. The molecule has 0 saturated heterocycles. The Morgan fingerprint density at radius 2 is 1.85 bits per heavy atom. The summed E-state index contributed by atoms with van der Waals surface area (Å²) >= 11 is 0. The predicted octanol–water partition coefficient (Wildman–Crippen LogP) is 3.36. The van der Waals surface area contributed by atoms with Crippen LogP contribution in [-0.2, 0) is 16.1 Å². The van der Waals surface area contributed by atoms with Crippen molar-refractivity contribution in [3.8, 4) is 11.4 Å². The van der Waals surface area contributed by atoms with Crippen LogP contribution in [0.5, 0.6) is 0 Å². The van der Waals surface area contributed by atoms with Gasteiger partial charge in [-0.25, -0.2) is 4.79 Å². The fraction of sp³-hybridized carbons (Fsp3) is 0.158. The highest BCUT2D eigenvalue weighted by atomic mass is 16.6. The van der Waals surface area contributed by atoms with Crippen molar-refractivity contribution in [2.75, 3.05) is 5.32 Å². The van der Waals surface area contributed by atoms with Crippen molar-refractivity contribution >= 4 is 17.6 Å². The SMILES string of the molecule is CC(=O)Nc1ccc(C(=O)OCc2nc(-c3ccccc3C)no2)cc1. The van der Waals surface area contributed by atoms with Gasteiger partial charge in [0.05, 0.1) is 5.56 Å². The molecule has 0 aliphatic carbocycles. The van der Waals surface area contributed by atoms with Crippen LogP contribution in [0.4, 0.5) is 5.69 Å². The van der Waals surface area contributed by atoms with Crippen LogP contribution < -0.4 is 5.32 Å². The molecule has 0 spiro atoms. The number of ether oxygens (including phenoxy) is 1. The van der Waals surface area contributed by atoms with Gasteiger partial charge in [0.2, 0.25) is 11.7 Å². The first-order valence-electron chi connectivity index (χ1n) is 7.96. The summed E-state index contributed by atoms with van der Waals surface area (Å²) in [6, 6.07) is 14.1. The van der Waals surface area contributed by atoms with Crippen LogP contribution in [0.15, 0.2) is 53.1 Å². The van der Waals surface area contributed by atoms with Crippen molar-refractivity contribution in [1.82, 2.24) is 10.1 Å². The summed E-state index contributed by atoms with van der Waals surface area (Å²) in [5.74, 6) is -0.0310. The van der Waals surface area contributed by atoms with Gasteiger partial charge >= 0.3 is 5.97 Å². The Labute approximate surface area is 150 Å². The average molecular weight is 351 g/mol. The van der Waals surface area contributed by atoms with Gasteiger partial charge in [0, 0.05) is 18.2 Å². The molecule has 7 nitrogen and oxygen atoms in total. The van der Waals surface area contributed by atoms with Gasteiger partial charge in [0.15, 0.2) is 6.61 Å². The van der Waals surface area contributed by atoms with Crippen LogP contribution in [0, 0.1) is 6.92 Å². The molecule has 0 bridgehead atoms. The van der Waals surface area contributed by atoms with E-state index < -0.39 is 5.97 Å². The zero-order valence-corrected chi connectivity index (χ0v) is 14.4. The van der Waals surface area contributed by atoms with Gasteiger partial charge in [-0.05, 0) is 36.8 Å². The topological polar surface area (TPSA) is 94.3 Å². The molecular weight excluding hydrogens is 334 g/mol. The second-order valence-electron chi connectivity index (χ2n) is 5.66. The minimum absolute atomic E-state index is 0.120. The number of aromatic nitrogens is 2. The number of carbonyl (C=O) groups excluding carboxylic acids is 2. The Kier molecular flexibility index (Phi) is 5.07. The van der Waals surface area contributed by atoms with E-state index in [1.165, 1.54) is 6.92 Å². The molecule has 1 aromatic heterocycles. The molecule has 0 atom stereocenters. The van der Waals surface area contributed by atoms with Gasteiger partial charge in [0.25, 0.3) is 5.89 Å². The highest BCUT2D eigenvalue weighted by Gasteiger charge is 2.13. The smallest absolute Gasteiger partial charge is 0.338 e. The summed E-state index contributed by atoms with van der Waals surface area (Å²) in [6.07, 6.45) is 0. The van der Waals surface area contributed by atoms with Crippen molar-refractivity contribution in [2.24, 2.45) is 0 Å². The summed E-state index contributed by atoms with van der Waals surface area (Å²) in [4.78, 5) is 27.3. The Hall–Kier alpha value is -3.48. The van der Waals surface area contributed by atoms with Crippen LogP contribution in [-0.4, -0.2) is 22.0 Å². The Morgan fingerprint density at radius 3 is 2.54 bits per heavy atom. The third kappa shape index (κ3) is 4.13. The minimum Gasteiger partial charge on any atom is -0.452 e. The van der Waals surface area contributed by atoms with Crippen molar-refractivity contribution in [3.05, 3.63) is 65.5 Å². The first-order valence-corrected chi connectivity index (χ1v) is 7.96. The second-order valence-corrected chi connectivity index (χ2v) is 5.66. The maximum Gasteiger partial charge on any atom is 0.338 e. The number of carbonyl (C=O) groups is 2. The molecule has 1 N–H and O–H groups in total. The van der Waals surface area contributed by atoms with Gasteiger partial charge in [0.1, 0.15) is 0 Å². The third-order valence-electron chi connectivity index (χ3n) is 3.62. The number of hydrogen-bond donors (Lipinski definition) is 1. The van der Waals surface area contributed by atoms with Gasteiger partial charge < -0.3 is 14.6 Å². The van der Waals surface area contributed by atoms with Crippen LogP contribution in [0.3, 0.4) is 0 Å². The molecular formula is C19H17N3O4. The molecule has 0 unspecified atom stereocenters. The molecule has 7 heteroatoms. The van der Waals surface area contributed by atoms with Crippen molar-refractivity contribution < 1.29 is 18.8 Å². The average Bonchev–Trinajstić information content (AvgIpc) is 3.09. The number of esters is 1. The van der Waals surface area contributed by atoms with E-state index in [4.69, 9.17) is 9.26 Å². The normalized spacial score (nSPS) is 10.4. The van der Waals surface area contributed by atoms with Crippen molar-refractivity contribution in [1.29, 1.82) is 0 Å². The maximum absolute atomic E-state index is 12.1. The number of hydrogen-bond acceptors (Lipinski definition) is 6. The lowest BCUT2D eigenvalue weighted by Gasteiger charge is -2.04. The molecule has 1 heterocycles. The minimum atomic E-state index is -0.519. The Bertz CT molecular complexity index is 932. The van der Waals surface area contributed by atoms with Gasteiger partial charge in [-0.2, -0.15) is 4.98 Å². The number of nitrogens with one attached hydrogen (secondary N) is 1. The van der Waals surface area contributed by atoms with Crippen LogP contribution in [0.2, 0.25) is 0 Å². The molecule has 2 aromatic carbocycles. The number of nitrogens with zero attached hydrogens (tertiary/aromatic N) is 2. The number of aryl methyl sites for hydroxylation is 1. The highest BCUT2D eigenvalue weighted by Crippen LogP contribution is 2.20. The molecule has 0 fully saturated rings. The van der Waals surface area contributed by atoms with E-state index in [2.05, 4.69) is 15.5 Å². The van der Waals surface area contributed by atoms with E-state index >= 15 is 0 Å². The molecule has 1 amide bonds. The van der Waals surface area contributed by atoms with Crippen LogP contribution in [0.1, 0.15) is 28.7 Å². The molecule has 3 rings (SSSR count). The zero-order chi connectivity index (χ0) is 18.5. The maximum atomic E-state index is 12.1. The summed E-state index contributed by atoms with van der Waals surface area (Å²) in [5, 5.41) is 6.55. The van der Waals surface area contributed by atoms with E-state index in [1.807, 2.05) is 31.2 Å². The summed E-state index contributed by atoms with van der Waals surface area (Å²) < 4.78 is 10.3. The van der Waals surface area contributed by atoms with Crippen molar-refractivity contribution in [3.63, 3.8) is 0 Å². The lowest BCUT2D eigenvalue weighted by Crippen LogP contribution is -2.08. The van der Waals surface area contributed by atoms with E-state index in [9.17, 15) is 9.59 Å².